The van der Waals surface area contributed by atoms with Crippen LogP contribution in [0.25, 0.3) is 0 Å². The Labute approximate surface area is 149 Å². The molecule has 2 aromatic heterocycles. The van der Waals surface area contributed by atoms with Crippen molar-refractivity contribution in [3.05, 3.63) is 48.0 Å². The second kappa shape index (κ2) is 8.25. The number of amides is 1. The van der Waals surface area contributed by atoms with Crippen molar-refractivity contribution in [2.24, 2.45) is 0 Å². The summed E-state index contributed by atoms with van der Waals surface area (Å²) in [6, 6.07) is 4.46. The van der Waals surface area contributed by atoms with Gasteiger partial charge >= 0.3 is 0 Å². The van der Waals surface area contributed by atoms with E-state index in [0.717, 1.165) is 18.7 Å². The van der Waals surface area contributed by atoms with Gasteiger partial charge in [0.15, 0.2) is 0 Å². The first-order chi connectivity index (χ1) is 12.1. The molecule has 1 aliphatic rings. The molecule has 0 unspecified atom stereocenters. The summed E-state index contributed by atoms with van der Waals surface area (Å²) in [5, 5.41) is 7.33. The Morgan fingerprint density at radius 3 is 2.68 bits per heavy atom. The average molecular weight is 341 g/mol. The number of nitrogens with zero attached hydrogens (tertiary/aromatic N) is 4. The zero-order chi connectivity index (χ0) is 17.6. The maximum absolute atomic E-state index is 12.5. The van der Waals surface area contributed by atoms with Crippen LogP contribution in [0.4, 0.5) is 0 Å². The molecule has 1 aliphatic heterocycles. The predicted molar refractivity (Wildman–Crippen MR) is 97.3 cm³/mol. The van der Waals surface area contributed by atoms with Gasteiger partial charge in [-0.1, -0.05) is 12.5 Å². The van der Waals surface area contributed by atoms with Gasteiger partial charge in [0.1, 0.15) is 0 Å². The Morgan fingerprint density at radius 1 is 1.24 bits per heavy atom. The minimum atomic E-state index is -0.0715. The smallest absolute Gasteiger partial charge is 0.254 e. The first-order valence-corrected chi connectivity index (χ1v) is 9.11. The highest BCUT2D eigenvalue weighted by molar-refractivity contribution is 5.93. The maximum Gasteiger partial charge on any atom is 0.254 e. The van der Waals surface area contributed by atoms with Crippen molar-refractivity contribution in [1.29, 1.82) is 0 Å². The van der Waals surface area contributed by atoms with Gasteiger partial charge in [-0.05, 0) is 51.4 Å². The van der Waals surface area contributed by atoms with Crippen LogP contribution in [0, 0.1) is 0 Å². The number of hydrogen-bond donors (Lipinski definition) is 1. The number of carbonyl (C=O) groups is 1. The summed E-state index contributed by atoms with van der Waals surface area (Å²) in [4.78, 5) is 19.2. The monoisotopic (exact) mass is 341 g/mol. The molecule has 6 heteroatoms. The number of aromatic nitrogens is 3. The fourth-order valence-electron chi connectivity index (χ4n) is 3.29. The lowest BCUT2D eigenvalue weighted by molar-refractivity contribution is 0.0924. The lowest BCUT2D eigenvalue weighted by atomic mass is 10.0. The Balaban J connectivity index is 1.68. The van der Waals surface area contributed by atoms with Crippen LogP contribution in [-0.4, -0.2) is 45.2 Å². The van der Waals surface area contributed by atoms with Gasteiger partial charge in [0.2, 0.25) is 0 Å². The number of rotatable bonds is 6. The van der Waals surface area contributed by atoms with Gasteiger partial charge in [-0.15, -0.1) is 0 Å². The Hall–Kier alpha value is -2.21. The third kappa shape index (κ3) is 4.45. The van der Waals surface area contributed by atoms with Gasteiger partial charge < -0.3 is 5.32 Å². The van der Waals surface area contributed by atoms with Gasteiger partial charge in [-0.3, -0.25) is 19.4 Å². The van der Waals surface area contributed by atoms with Crippen LogP contribution in [0.3, 0.4) is 0 Å². The van der Waals surface area contributed by atoms with E-state index in [0.29, 0.717) is 12.1 Å². The minimum absolute atomic E-state index is 0.0715. The van der Waals surface area contributed by atoms with Crippen LogP contribution in [0.15, 0.2) is 36.9 Å². The first kappa shape index (κ1) is 17.6. The van der Waals surface area contributed by atoms with E-state index in [-0.39, 0.29) is 18.0 Å². The van der Waals surface area contributed by atoms with E-state index in [1.54, 1.807) is 23.3 Å². The van der Waals surface area contributed by atoms with Crippen molar-refractivity contribution >= 4 is 5.91 Å². The molecule has 0 aliphatic carbocycles. The van der Waals surface area contributed by atoms with E-state index >= 15 is 0 Å². The molecule has 1 saturated heterocycles. The number of likely N-dealkylation sites (tertiary alicyclic amines) is 1. The number of pyridine rings is 1. The zero-order valence-electron chi connectivity index (χ0n) is 15.1. The first-order valence-electron chi connectivity index (χ1n) is 9.11. The van der Waals surface area contributed by atoms with Crippen molar-refractivity contribution in [2.75, 3.05) is 19.6 Å². The van der Waals surface area contributed by atoms with Crippen molar-refractivity contribution in [3.8, 4) is 0 Å². The van der Waals surface area contributed by atoms with E-state index in [1.807, 2.05) is 26.1 Å². The third-order valence-electron chi connectivity index (χ3n) is 4.75. The highest BCUT2D eigenvalue weighted by atomic mass is 16.1. The molecule has 0 saturated carbocycles. The lowest BCUT2D eigenvalue weighted by Crippen LogP contribution is -2.40. The topological polar surface area (TPSA) is 63.1 Å². The molecule has 1 atom stereocenters. The summed E-state index contributed by atoms with van der Waals surface area (Å²) >= 11 is 0. The highest BCUT2D eigenvalue weighted by Gasteiger charge is 2.23. The average Bonchev–Trinajstić information content (AvgIpc) is 3.14. The van der Waals surface area contributed by atoms with Crippen molar-refractivity contribution in [2.45, 2.75) is 45.2 Å². The quantitative estimate of drug-likeness (QED) is 0.877. The van der Waals surface area contributed by atoms with E-state index in [1.165, 1.54) is 19.3 Å². The number of carbonyl (C=O) groups excluding carboxylic acids is 1. The molecule has 0 bridgehead atoms. The Morgan fingerprint density at radius 2 is 2.04 bits per heavy atom. The number of piperidine rings is 1. The van der Waals surface area contributed by atoms with E-state index in [2.05, 4.69) is 26.4 Å². The van der Waals surface area contributed by atoms with Crippen LogP contribution < -0.4 is 5.32 Å². The van der Waals surface area contributed by atoms with Crippen LogP contribution >= 0.6 is 0 Å². The lowest BCUT2D eigenvalue weighted by Gasteiger charge is -2.34. The molecule has 1 N–H and O–H groups in total. The molecular weight excluding hydrogens is 314 g/mol. The third-order valence-corrected chi connectivity index (χ3v) is 4.75. The summed E-state index contributed by atoms with van der Waals surface area (Å²) in [7, 11) is 0. The molecule has 1 amide bonds. The molecule has 1 fully saturated rings. The molecule has 0 aromatic carbocycles. The predicted octanol–water partition coefficient (Wildman–Crippen LogP) is 2.82. The molecule has 0 spiro atoms. The minimum Gasteiger partial charge on any atom is -0.350 e. The maximum atomic E-state index is 12.5. The van der Waals surface area contributed by atoms with Gasteiger partial charge in [0.05, 0.1) is 17.8 Å². The summed E-state index contributed by atoms with van der Waals surface area (Å²) in [5.41, 5.74) is 1.76. The van der Waals surface area contributed by atoms with Crippen molar-refractivity contribution < 1.29 is 4.79 Å². The van der Waals surface area contributed by atoms with Gasteiger partial charge in [0, 0.05) is 31.2 Å². The van der Waals surface area contributed by atoms with E-state index in [4.69, 9.17) is 0 Å². The molecule has 6 nitrogen and oxygen atoms in total. The fraction of sp³-hybridized carbons (Fsp3) is 0.526. The van der Waals surface area contributed by atoms with Crippen molar-refractivity contribution in [1.82, 2.24) is 25.0 Å². The fourth-order valence-corrected chi connectivity index (χ4v) is 3.29. The summed E-state index contributed by atoms with van der Waals surface area (Å²) < 4.78 is 1.80. The van der Waals surface area contributed by atoms with Crippen LogP contribution in [-0.2, 0) is 0 Å². The molecule has 0 radical (unpaired) electrons. The molecule has 134 valence electrons. The van der Waals surface area contributed by atoms with Gasteiger partial charge in [0.25, 0.3) is 5.91 Å². The molecule has 2 aromatic rings. The van der Waals surface area contributed by atoms with Crippen LogP contribution in [0.1, 0.15) is 61.1 Å². The van der Waals surface area contributed by atoms with Gasteiger partial charge in [-0.2, -0.15) is 5.10 Å². The molecule has 3 rings (SSSR count). The molecular formula is C19H27N5O. The van der Waals surface area contributed by atoms with Crippen LogP contribution in [0.2, 0.25) is 0 Å². The SMILES string of the molecule is CC(C)n1cc(C(=O)NC[C@H](c2cccnc2)N2CCCCC2)cn1. The number of hydrogen-bond acceptors (Lipinski definition) is 4. The number of nitrogens with one attached hydrogen (secondary N) is 1. The second-order valence-corrected chi connectivity index (χ2v) is 6.91. The Kier molecular flexibility index (Phi) is 5.81. The van der Waals surface area contributed by atoms with E-state index < -0.39 is 0 Å². The summed E-state index contributed by atoms with van der Waals surface area (Å²) in [6.07, 6.45) is 10.8. The largest absolute Gasteiger partial charge is 0.350 e. The second-order valence-electron chi connectivity index (χ2n) is 6.91. The van der Waals surface area contributed by atoms with Crippen LogP contribution in [0.5, 0.6) is 0 Å². The Bertz CT molecular complexity index is 676. The van der Waals surface area contributed by atoms with Crippen molar-refractivity contribution in [3.63, 3.8) is 0 Å². The zero-order valence-corrected chi connectivity index (χ0v) is 15.1. The highest BCUT2D eigenvalue weighted by Crippen LogP contribution is 2.23. The normalized spacial score (nSPS) is 16.8. The van der Waals surface area contributed by atoms with E-state index in [9.17, 15) is 4.79 Å². The molecule has 25 heavy (non-hydrogen) atoms. The standard InChI is InChI=1S/C19H27N5O/c1-15(2)24-14-17(12-22-24)19(25)21-13-18(16-7-6-8-20-11-16)23-9-4-3-5-10-23/h6-8,11-12,14-15,18H,3-5,9-10,13H2,1-2H3,(H,21,25)/t18-/m1/s1. The molecule has 3 heterocycles. The summed E-state index contributed by atoms with van der Waals surface area (Å²) in [6.45, 7) is 6.81. The summed E-state index contributed by atoms with van der Waals surface area (Å²) in [5.74, 6) is -0.0715. The van der Waals surface area contributed by atoms with Gasteiger partial charge in [-0.25, -0.2) is 0 Å².